The van der Waals surface area contributed by atoms with Crippen LogP contribution >= 0.6 is 11.6 Å². The van der Waals surface area contributed by atoms with Gasteiger partial charge in [-0.1, -0.05) is 23.7 Å². The van der Waals surface area contributed by atoms with Crippen LogP contribution in [0.3, 0.4) is 0 Å². The number of nitrogens with zero attached hydrogens (tertiary/aromatic N) is 3. The van der Waals surface area contributed by atoms with Crippen molar-refractivity contribution in [3.8, 4) is 0 Å². The predicted octanol–water partition coefficient (Wildman–Crippen LogP) is 3.99. The molecule has 40 heavy (non-hydrogen) atoms. The quantitative estimate of drug-likeness (QED) is 0.303. The van der Waals surface area contributed by atoms with Gasteiger partial charge in [0.1, 0.15) is 28.9 Å². The molecule has 3 heterocycles. The fourth-order valence-corrected chi connectivity index (χ4v) is 5.04. The molecular weight excluding hydrogens is 534 g/mol. The Bertz CT molecular complexity index is 1340. The number of alkyl carbamates (subject to hydrolysis) is 1. The fraction of sp³-hybridized carbons (Fsp3) is 0.464. The number of nitrogens with two attached hydrogens (primary N) is 1. The van der Waals surface area contributed by atoms with E-state index in [9.17, 15) is 14.4 Å². The van der Waals surface area contributed by atoms with Crippen LogP contribution in [0.15, 0.2) is 42.9 Å². The Morgan fingerprint density at radius 3 is 2.50 bits per heavy atom. The van der Waals surface area contributed by atoms with Crippen molar-refractivity contribution in [2.75, 3.05) is 18.0 Å². The summed E-state index contributed by atoms with van der Waals surface area (Å²) in [6.07, 6.45) is 4.46. The number of carbonyl (C=O) groups excluding carboxylic acids is 3. The van der Waals surface area contributed by atoms with E-state index in [1.807, 2.05) is 24.4 Å². The van der Waals surface area contributed by atoms with E-state index in [1.54, 1.807) is 32.9 Å². The molecule has 11 nitrogen and oxygen atoms in total. The number of aromatic nitrogens is 3. The minimum absolute atomic E-state index is 0.197. The van der Waals surface area contributed by atoms with Gasteiger partial charge in [-0.3, -0.25) is 9.59 Å². The molecule has 3 amide bonds. The Labute approximate surface area is 238 Å². The molecule has 0 aliphatic carbocycles. The third-order valence-corrected chi connectivity index (χ3v) is 7.17. The molecule has 1 fully saturated rings. The number of halogens is 1. The van der Waals surface area contributed by atoms with Gasteiger partial charge in [0.2, 0.25) is 11.8 Å². The standard InChI is InChI=1S/C28H36ClN7O4/c1-27(2,3)40-26(39)35-28(12-15-36(16-13-28)24-20-11-14-31-23(20)32-17-33-24)25(38)34-21(5-4-6-22(30)37)18-7-9-19(29)10-8-18/h7-11,14,17,21H,4-6,12-13,15-16H2,1-3H3,(H2,30,37)(H,34,38)(H,35,39)(H,31,32,33). The first-order chi connectivity index (χ1) is 19.0. The maximum Gasteiger partial charge on any atom is 0.408 e. The van der Waals surface area contributed by atoms with Gasteiger partial charge in [0.05, 0.1) is 11.4 Å². The number of anilines is 1. The number of piperidine rings is 1. The van der Waals surface area contributed by atoms with Crippen LogP contribution in [0.5, 0.6) is 0 Å². The summed E-state index contributed by atoms with van der Waals surface area (Å²) in [5.41, 5.74) is 4.96. The van der Waals surface area contributed by atoms with Crippen LogP contribution in [0.1, 0.15) is 64.5 Å². The van der Waals surface area contributed by atoms with Gasteiger partial charge in [-0.2, -0.15) is 0 Å². The lowest BCUT2D eigenvalue weighted by Gasteiger charge is -2.42. The molecule has 1 saturated heterocycles. The van der Waals surface area contributed by atoms with Gasteiger partial charge in [0.15, 0.2) is 0 Å². The highest BCUT2D eigenvalue weighted by molar-refractivity contribution is 6.30. The number of hydrogen-bond acceptors (Lipinski definition) is 7. The molecule has 4 rings (SSSR count). The topological polar surface area (TPSA) is 155 Å². The van der Waals surface area contributed by atoms with E-state index < -0.39 is 29.2 Å². The highest BCUT2D eigenvalue weighted by Crippen LogP contribution is 2.31. The summed E-state index contributed by atoms with van der Waals surface area (Å²) in [6, 6.07) is 8.68. The Morgan fingerprint density at radius 2 is 1.85 bits per heavy atom. The number of H-pyrrole nitrogens is 1. The van der Waals surface area contributed by atoms with Gasteiger partial charge in [-0.25, -0.2) is 14.8 Å². The van der Waals surface area contributed by atoms with Crippen molar-refractivity contribution in [3.05, 3.63) is 53.4 Å². The first kappa shape index (κ1) is 29.1. The number of ether oxygens (including phenoxy) is 1. The second kappa shape index (κ2) is 12.1. The molecular formula is C28H36ClN7O4. The van der Waals surface area contributed by atoms with Gasteiger partial charge in [-0.15, -0.1) is 0 Å². The molecule has 3 aromatic rings. The third kappa shape index (κ3) is 7.20. The van der Waals surface area contributed by atoms with Gasteiger partial charge >= 0.3 is 6.09 Å². The second-order valence-corrected chi connectivity index (χ2v) is 11.5. The molecule has 1 atom stereocenters. The molecule has 1 aromatic carbocycles. The molecule has 0 bridgehead atoms. The maximum atomic E-state index is 14.0. The molecule has 1 aliphatic heterocycles. The van der Waals surface area contributed by atoms with E-state index >= 15 is 0 Å². The van der Waals surface area contributed by atoms with E-state index in [4.69, 9.17) is 22.1 Å². The molecule has 214 valence electrons. The van der Waals surface area contributed by atoms with Crippen LogP contribution in [-0.2, 0) is 14.3 Å². The largest absolute Gasteiger partial charge is 0.444 e. The average molecular weight is 570 g/mol. The smallest absolute Gasteiger partial charge is 0.408 e. The van der Waals surface area contributed by atoms with Gasteiger partial charge in [0.25, 0.3) is 0 Å². The van der Waals surface area contributed by atoms with E-state index in [-0.39, 0.29) is 12.3 Å². The van der Waals surface area contributed by atoms with Crippen molar-refractivity contribution in [1.29, 1.82) is 0 Å². The van der Waals surface area contributed by atoms with Crippen LogP contribution < -0.4 is 21.3 Å². The fourth-order valence-electron chi connectivity index (χ4n) is 4.91. The average Bonchev–Trinajstić information content (AvgIpc) is 3.37. The van der Waals surface area contributed by atoms with Crippen molar-refractivity contribution in [3.63, 3.8) is 0 Å². The normalized spacial score (nSPS) is 15.8. The van der Waals surface area contributed by atoms with Crippen molar-refractivity contribution >= 4 is 46.4 Å². The van der Waals surface area contributed by atoms with Crippen LogP contribution in [0.4, 0.5) is 10.6 Å². The van der Waals surface area contributed by atoms with E-state index in [0.717, 1.165) is 22.4 Å². The summed E-state index contributed by atoms with van der Waals surface area (Å²) < 4.78 is 5.53. The first-order valence-corrected chi connectivity index (χ1v) is 13.7. The molecule has 0 saturated carbocycles. The molecule has 0 radical (unpaired) electrons. The van der Waals surface area contributed by atoms with Gasteiger partial charge in [-0.05, 0) is 70.2 Å². The summed E-state index contributed by atoms with van der Waals surface area (Å²) >= 11 is 6.09. The van der Waals surface area contributed by atoms with Crippen molar-refractivity contribution in [2.45, 2.75) is 70.1 Å². The summed E-state index contributed by atoms with van der Waals surface area (Å²) in [7, 11) is 0. The summed E-state index contributed by atoms with van der Waals surface area (Å²) in [6.45, 7) is 6.25. The number of amides is 3. The molecule has 0 spiro atoms. The molecule has 5 N–H and O–H groups in total. The van der Waals surface area contributed by atoms with Crippen LogP contribution in [0, 0.1) is 0 Å². The van der Waals surface area contributed by atoms with E-state index in [2.05, 4.69) is 30.5 Å². The monoisotopic (exact) mass is 569 g/mol. The lowest BCUT2D eigenvalue weighted by Crippen LogP contribution is -2.64. The summed E-state index contributed by atoms with van der Waals surface area (Å²) in [5.74, 6) is 0.0346. The van der Waals surface area contributed by atoms with Crippen molar-refractivity contribution < 1.29 is 19.1 Å². The minimum Gasteiger partial charge on any atom is -0.444 e. The maximum absolute atomic E-state index is 14.0. The lowest BCUT2D eigenvalue weighted by atomic mass is 9.85. The lowest BCUT2D eigenvalue weighted by molar-refractivity contribution is -0.129. The zero-order valence-corrected chi connectivity index (χ0v) is 23.8. The van der Waals surface area contributed by atoms with Gasteiger partial charge < -0.3 is 31.0 Å². The molecule has 1 unspecified atom stereocenters. The highest BCUT2D eigenvalue weighted by Gasteiger charge is 2.45. The molecule has 2 aromatic heterocycles. The predicted molar refractivity (Wildman–Crippen MR) is 153 cm³/mol. The number of fused-ring (bicyclic) bond motifs is 1. The van der Waals surface area contributed by atoms with Crippen molar-refractivity contribution in [1.82, 2.24) is 25.6 Å². The zero-order chi connectivity index (χ0) is 28.9. The Hall–Kier alpha value is -3.86. The Kier molecular flexibility index (Phi) is 8.82. The SMILES string of the molecule is CC(C)(C)OC(=O)NC1(C(=O)NC(CCCC(N)=O)c2ccc(Cl)cc2)CCN(c2ncnc3[nH]ccc23)CC1. The third-order valence-electron chi connectivity index (χ3n) is 6.92. The van der Waals surface area contributed by atoms with Crippen LogP contribution in [0.25, 0.3) is 11.0 Å². The Morgan fingerprint density at radius 1 is 1.15 bits per heavy atom. The van der Waals surface area contributed by atoms with E-state index in [1.165, 1.54) is 6.33 Å². The van der Waals surface area contributed by atoms with E-state index in [0.29, 0.717) is 43.8 Å². The molecule has 1 aliphatic rings. The van der Waals surface area contributed by atoms with Crippen LogP contribution in [-0.4, -0.2) is 57.1 Å². The Balaban J connectivity index is 1.57. The number of aromatic amines is 1. The zero-order valence-electron chi connectivity index (χ0n) is 23.0. The summed E-state index contributed by atoms with van der Waals surface area (Å²) in [5, 5.41) is 7.49. The summed E-state index contributed by atoms with van der Waals surface area (Å²) in [4.78, 5) is 52.3. The first-order valence-electron chi connectivity index (χ1n) is 13.3. The number of carbonyl (C=O) groups is 3. The van der Waals surface area contributed by atoms with Gasteiger partial charge in [0, 0.05) is 30.7 Å². The number of primary amides is 1. The highest BCUT2D eigenvalue weighted by atomic mass is 35.5. The number of hydrogen-bond donors (Lipinski definition) is 4. The minimum atomic E-state index is -1.22. The second-order valence-electron chi connectivity index (χ2n) is 11.1. The molecule has 12 heteroatoms. The number of rotatable bonds is 9. The van der Waals surface area contributed by atoms with Crippen LogP contribution in [0.2, 0.25) is 5.02 Å². The number of benzene rings is 1. The number of nitrogens with one attached hydrogen (secondary N) is 3. The van der Waals surface area contributed by atoms with Crippen molar-refractivity contribution in [2.24, 2.45) is 5.73 Å².